The molecule has 1 aromatic heterocycles. The van der Waals surface area contributed by atoms with Crippen molar-refractivity contribution in [3.63, 3.8) is 0 Å². The van der Waals surface area contributed by atoms with Gasteiger partial charge in [-0.2, -0.15) is 0 Å². The molecule has 0 saturated carbocycles. The van der Waals surface area contributed by atoms with E-state index in [-0.39, 0.29) is 5.91 Å². The van der Waals surface area contributed by atoms with Gasteiger partial charge in [-0.25, -0.2) is 0 Å². The minimum absolute atomic E-state index is 0.0419. The largest absolute Gasteiger partial charge is 0.497 e. The third kappa shape index (κ3) is 4.12. The van der Waals surface area contributed by atoms with Gasteiger partial charge in [0.25, 0.3) is 0 Å². The Balaban J connectivity index is 1.82. The number of aromatic nitrogens is 1. The van der Waals surface area contributed by atoms with Gasteiger partial charge in [0.1, 0.15) is 12.3 Å². The van der Waals surface area contributed by atoms with Gasteiger partial charge in [-0.1, -0.05) is 12.1 Å². The third-order valence-electron chi connectivity index (χ3n) is 3.59. The van der Waals surface area contributed by atoms with Crippen molar-refractivity contribution in [3.05, 3.63) is 53.3 Å². The maximum absolute atomic E-state index is 12.0. The molecule has 2 rings (SSSR count). The molecular weight excluding hydrogens is 264 g/mol. The molecule has 0 aliphatic heterocycles. The molecule has 1 heterocycles. The minimum Gasteiger partial charge on any atom is -0.497 e. The number of amides is 1. The molecule has 0 radical (unpaired) electrons. The van der Waals surface area contributed by atoms with Crippen LogP contribution in [-0.2, 0) is 17.8 Å². The molecule has 0 spiro atoms. The number of ether oxygens (including phenoxy) is 1. The molecule has 0 atom stereocenters. The fourth-order valence-electron chi connectivity index (χ4n) is 2.32. The second-order valence-electron chi connectivity index (χ2n) is 5.15. The van der Waals surface area contributed by atoms with E-state index in [1.165, 1.54) is 0 Å². The van der Waals surface area contributed by atoms with Gasteiger partial charge in [0.15, 0.2) is 0 Å². The van der Waals surface area contributed by atoms with Crippen LogP contribution in [0.5, 0.6) is 5.75 Å². The van der Waals surface area contributed by atoms with Crippen molar-refractivity contribution < 1.29 is 9.53 Å². The quantitative estimate of drug-likeness (QED) is 0.886. The van der Waals surface area contributed by atoms with Crippen LogP contribution < -0.4 is 10.1 Å². The van der Waals surface area contributed by atoms with Crippen LogP contribution in [0.25, 0.3) is 0 Å². The van der Waals surface area contributed by atoms with E-state index in [2.05, 4.69) is 5.32 Å². The predicted molar refractivity (Wildman–Crippen MR) is 83.6 cm³/mol. The lowest BCUT2D eigenvalue weighted by atomic mass is 10.1. The Morgan fingerprint density at radius 3 is 2.57 bits per heavy atom. The predicted octanol–water partition coefficient (Wildman–Crippen LogP) is 2.47. The van der Waals surface area contributed by atoms with Crippen molar-refractivity contribution >= 4 is 5.91 Å². The van der Waals surface area contributed by atoms with Gasteiger partial charge in [0.05, 0.1) is 7.11 Å². The van der Waals surface area contributed by atoms with Gasteiger partial charge < -0.3 is 14.6 Å². The van der Waals surface area contributed by atoms with Crippen LogP contribution in [0.15, 0.2) is 36.4 Å². The zero-order valence-corrected chi connectivity index (χ0v) is 12.8. The molecule has 1 N–H and O–H groups in total. The number of benzene rings is 1. The van der Waals surface area contributed by atoms with Crippen molar-refractivity contribution in [1.29, 1.82) is 0 Å². The molecule has 0 fully saturated rings. The number of aryl methyl sites for hydroxylation is 2. The van der Waals surface area contributed by atoms with Crippen molar-refractivity contribution in [2.45, 2.75) is 26.8 Å². The van der Waals surface area contributed by atoms with E-state index in [0.717, 1.165) is 29.1 Å². The van der Waals surface area contributed by atoms with Crippen LogP contribution in [0.4, 0.5) is 0 Å². The highest BCUT2D eigenvalue weighted by Crippen LogP contribution is 2.12. The first kappa shape index (κ1) is 15.2. The lowest BCUT2D eigenvalue weighted by Gasteiger charge is -2.10. The molecule has 0 unspecified atom stereocenters. The highest BCUT2D eigenvalue weighted by molar-refractivity contribution is 5.75. The van der Waals surface area contributed by atoms with Crippen molar-refractivity contribution in [3.8, 4) is 5.75 Å². The van der Waals surface area contributed by atoms with Crippen LogP contribution in [0.1, 0.15) is 17.0 Å². The average molecular weight is 286 g/mol. The van der Waals surface area contributed by atoms with Crippen LogP contribution in [-0.4, -0.2) is 24.1 Å². The topological polar surface area (TPSA) is 43.3 Å². The summed E-state index contributed by atoms with van der Waals surface area (Å²) in [5, 5.41) is 2.96. The Morgan fingerprint density at radius 2 is 1.90 bits per heavy atom. The summed E-state index contributed by atoms with van der Waals surface area (Å²) in [6.07, 6.45) is 0.798. The van der Waals surface area contributed by atoms with Gasteiger partial charge in [-0.05, 0) is 50.1 Å². The maximum Gasteiger partial charge on any atom is 0.239 e. The second kappa shape index (κ2) is 6.97. The first-order valence-corrected chi connectivity index (χ1v) is 7.12. The number of hydrogen-bond donors (Lipinski definition) is 1. The summed E-state index contributed by atoms with van der Waals surface area (Å²) in [6, 6.07) is 12.0. The summed E-state index contributed by atoms with van der Waals surface area (Å²) < 4.78 is 7.20. The zero-order valence-electron chi connectivity index (χ0n) is 12.8. The van der Waals surface area contributed by atoms with Crippen molar-refractivity contribution in [1.82, 2.24) is 9.88 Å². The van der Waals surface area contributed by atoms with Crippen molar-refractivity contribution in [2.75, 3.05) is 13.7 Å². The summed E-state index contributed by atoms with van der Waals surface area (Å²) in [5.74, 6) is 0.887. The lowest BCUT2D eigenvalue weighted by molar-refractivity contribution is -0.121. The number of carbonyl (C=O) groups is 1. The van der Waals surface area contributed by atoms with Crippen LogP contribution in [0.2, 0.25) is 0 Å². The molecule has 0 bridgehead atoms. The Labute approximate surface area is 125 Å². The summed E-state index contributed by atoms with van der Waals surface area (Å²) in [4.78, 5) is 12.0. The van der Waals surface area contributed by atoms with E-state index in [9.17, 15) is 4.79 Å². The zero-order chi connectivity index (χ0) is 15.2. The third-order valence-corrected chi connectivity index (χ3v) is 3.59. The standard InChI is InChI=1S/C17H22N2O2/c1-13-7-8-14(2)19(13)12-17(20)18-10-9-15-5-4-6-16(11-15)21-3/h4-8,11H,9-10,12H2,1-3H3,(H,18,20). The fraction of sp³-hybridized carbons (Fsp3) is 0.353. The van der Waals surface area contributed by atoms with E-state index >= 15 is 0 Å². The van der Waals surface area contributed by atoms with Gasteiger partial charge in [0, 0.05) is 17.9 Å². The van der Waals surface area contributed by atoms with Crippen LogP contribution >= 0.6 is 0 Å². The highest BCUT2D eigenvalue weighted by Gasteiger charge is 2.06. The van der Waals surface area contributed by atoms with Gasteiger partial charge in [0.2, 0.25) is 5.91 Å². The highest BCUT2D eigenvalue weighted by atomic mass is 16.5. The van der Waals surface area contributed by atoms with Gasteiger partial charge in [-0.3, -0.25) is 4.79 Å². The molecule has 112 valence electrons. The fourth-order valence-corrected chi connectivity index (χ4v) is 2.32. The molecule has 21 heavy (non-hydrogen) atoms. The van der Waals surface area contributed by atoms with Crippen LogP contribution in [0, 0.1) is 13.8 Å². The van der Waals surface area contributed by atoms with E-state index in [0.29, 0.717) is 13.1 Å². The van der Waals surface area contributed by atoms with Gasteiger partial charge in [-0.15, -0.1) is 0 Å². The maximum atomic E-state index is 12.0. The molecule has 0 saturated heterocycles. The lowest BCUT2D eigenvalue weighted by Crippen LogP contribution is -2.30. The number of rotatable bonds is 6. The summed E-state index contributed by atoms with van der Waals surface area (Å²) in [5.41, 5.74) is 3.37. The smallest absolute Gasteiger partial charge is 0.239 e. The summed E-state index contributed by atoms with van der Waals surface area (Å²) in [7, 11) is 1.66. The van der Waals surface area contributed by atoms with Crippen LogP contribution in [0.3, 0.4) is 0 Å². The molecular formula is C17H22N2O2. The summed E-state index contributed by atoms with van der Waals surface area (Å²) >= 11 is 0. The number of methoxy groups -OCH3 is 1. The number of hydrogen-bond acceptors (Lipinski definition) is 2. The average Bonchev–Trinajstić information content (AvgIpc) is 2.79. The van der Waals surface area contributed by atoms with Gasteiger partial charge >= 0.3 is 0 Å². The molecule has 4 heteroatoms. The minimum atomic E-state index is 0.0419. The Kier molecular flexibility index (Phi) is 5.04. The monoisotopic (exact) mass is 286 g/mol. The molecule has 0 aliphatic carbocycles. The number of nitrogens with one attached hydrogen (secondary N) is 1. The Bertz CT molecular complexity index is 598. The van der Waals surface area contributed by atoms with E-state index in [1.54, 1.807) is 7.11 Å². The molecule has 2 aromatic rings. The first-order chi connectivity index (χ1) is 10.1. The first-order valence-electron chi connectivity index (χ1n) is 7.12. The van der Waals surface area contributed by atoms with E-state index in [1.807, 2.05) is 54.8 Å². The SMILES string of the molecule is COc1cccc(CCNC(=O)Cn2c(C)ccc2C)c1. The number of carbonyl (C=O) groups excluding carboxylic acids is 1. The molecule has 0 aliphatic rings. The second-order valence-corrected chi connectivity index (χ2v) is 5.15. The Morgan fingerprint density at radius 1 is 1.19 bits per heavy atom. The normalized spacial score (nSPS) is 10.4. The molecule has 4 nitrogen and oxygen atoms in total. The summed E-state index contributed by atoms with van der Waals surface area (Å²) in [6.45, 7) is 5.03. The Hall–Kier alpha value is -2.23. The number of nitrogens with zero attached hydrogens (tertiary/aromatic N) is 1. The molecule has 1 aromatic carbocycles. The van der Waals surface area contributed by atoms with E-state index in [4.69, 9.17) is 4.74 Å². The molecule has 1 amide bonds. The van der Waals surface area contributed by atoms with Crippen molar-refractivity contribution in [2.24, 2.45) is 0 Å². The van der Waals surface area contributed by atoms with E-state index < -0.39 is 0 Å².